The van der Waals surface area contributed by atoms with Crippen LogP contribution < -0.4 is 0 Å². The maximum absolute atomic E-state index is 14.4. The van der Waals surface area contributed by atoms with Crippen molar-refractivity contribution >= 4 is 11.0 Å². The molecule has 4 heterocycles. The Bertz CT molecular complexity index is 1120. The van der Waals surface area contributed by atoms with Crippen LogP contribution in [0, 0.1) is 12.9 Å². The Balaban J connectivity index is 1.53. The molecule has 0 saturated heterocycles. The fraction of sp³-hybridized carbons (Fsp3) is 0.304. The first-order valence-corrected chi connectivity index (χ1v) is 9.98. The zero-order chi connectivity index (χ0) is 20.2. The average Bonchev–Trinajstić information content (AvgIpc) is 3.12. The summed E-state index contributed by atoms with van der Waals surface area (Å²) in [7, 11) is 0. The number of rotatable bonds is 7. The standard InChI is InChI=1S/C23H24FN5/c1-3-4-5-21-25-12-17(13-26-21)7-16-8-18(22(24)27-11-16)9-19-14-29-23-20(19)6-15(2)10-28-23/h6,8,10-14H,3-5,7,9H2,1-2H3,(H,28,29). The van der Waals surface area contributed by atoms with Gasteiger partial charge in [-0.2, -0.15) is 4.39 Å². The molecular formula is C23H24FN5. The average molecular weight is 389 g/mol. The maximum atomic E-state index is 14.4. The quantitative estimate of drug-likeness (QED) is 0.465. The second-order valence-corrected chi connectivity index (χ2v) is 7.48. The van der Waals surface area contributed by atoms with Gasteiger partial charge >= 0.3 is 0 Å². The van der Waals surface area contributed by atoms with E-state index in [2.05, 4.69) is 37.9 Å². The highest BCUT2D eigenvalue weighted by molar-refractivity contribution is 5.80. The third-order valence-electron chi connectivity index (χ3n) is 5.02. The van der Waals surface area contributed by atoms with Gasteiger partial charge in [-0.05, 0) is 47.7 Å². The van der Waals surface area contributed by atoms with Gasteiger partial charge < -0.3 is 4.98 Å². The fourth-order valence-electron chi connectivity index (χ4n) is 3.45. The first-order chi connectivity index (χ1) is 14.1. The molecule has 6 heteroatoms. The smallest absolute Gasteiger partial charge is 0.216 e. The van der Waals surface area contributed by atoms with Crippen LogP contribution in [0.4, 0.5) is 4.39 Å². The zero-order valence-corrected chi connectivity index (χ0v) is 16.7. The van der Waals surface area contributed by atoms with Crippen LogP contribution in [0.3, 0.4) is 0 Å². The van der Waals surface area contributed by atoms with E-state index in [1.807, 2.05) is 37.8 Å². The van der Waals surface area contributed by atoms with E-state index >= 15 is 0 Å². The number of pyridine rings is 2. The molecule has 0 spiro atoms. The lowest BCUT2D eigenvalue weighted by molar-refractivity contribution is 0.569. The number of nitrogens with zero attached hydrogens (tertiary/aromatic N) is 4. The molecule has 0 aliphatic heterocycles. The van der Waals surface area contributed by atoms with Gasteiger partial charge in [-0.3, -0.25) is 0 Å². The summed E-state index contributed by atoms with van der Waals surface area (Å²) < 4.78 is 14.4. The van der Waals surface area contributed by atoms with Crippen molar-refractivity contribution in [3.63, 3.8) is 0 Å². The Labute approximate surface area is 169 Å². The minimum atomic E-state index is -0.435. The first-order valence-electron chi connectivity index (χ1n) is 9.98. The van der Waals surface area contributed by atoms with Crippen molar-refractivity contribution in [2.45, 2.75) is 46.0 Å². The molecule has 0 unspecified atom stereocenters. The Morgan fingerprint density at radius 3 is 2.48 bits per heavy atom. The number of aromatic amines is 1. The number of halogens is 1. The van der Waals surface area contributed by atoms with Crippen LogP contribution >= 0.6 is 0 Å². The summed E-state index contributed by atoms with van der Waals surface area (Å²) in [5.41, 5.74) is 5.42. The number of nitrogens with one attached hydrogen (secondary N) is 1. The summed E-state index contributed by atoms with van der Waals surface area (Å²) in [6.07, 6.45) is 13.2. The van der Waals surface area contributed by atoms with Gasteiger partial charge in [0, 0.05) is 61.2 Å². The van der Waals surface area contributed by atoms with Crippen molar-refractivity contribution in [2.24, 2.45) is 0 Å². The van der Waals surface area contributed by atoms with E-state index in [4.69, 9.17) is 0 Å². The molecule has 4 aromatic rings. The van der Waals surface area contributed by atoms with Crippen molar-refractivity contribution < 1.29 is 4.39 Å². The minimum absolute atomic E-state index is 0.435. The van der Waals surface area contributed by atoms with Gasteiger partial charge in [0.15, 0.2) is 0 Å². The van der Waals surface area contributed by atoms with E-state index in [0.29, 0.717) is 18.4 Å². The predicted octanol–water partition coefficient (Wildman–Crippen LogP) is 4.72. The number of hydrogen-bond acceptors (Lipinski definition) is 4. The van der Waals surface area contributed by atoms with Gasteiger partial charge in [-0.15, -0.1) is 0 Å². The molecule has 29 heavy (non-hydrogen) atoms. The minimum Gasteiger partial charge on any atom is -0.346 e. The summed E-state index contributed by atoms with van der Waals surface area (Å²) in [5, 5.41) is 1.02. The Hall–Kier alpha value is -3.15. The molecule has 4 aromatic heterocycles. The summed E-state index contributed by atoms with van der Waals surface area (Å²) in [4.78, 5) is 20.4. The monoisotopic (exact) mass is 389 g/mol. The molecule has 0 atom stereocenters. The van der Waals surface area contributed by atoms with Crippen molar-refractivity contribution in [1.82, 2.24) is 24.9 Å². The molecule has 148 valence electrons. The van der Waals surface area contributed by atoms with Crippen LogP contribution in [0.15, 0.2) is 43.1 Å². The number of aryl methyl sites for hydroxylation is 2. The van der Waals surface area contributed by atoms with Crippen molar-refractivity contribution in [1.29, 1.82) is 0 Å². The summed E-state index contributed by atoms with van der Waals surface area (Å²) >= 11 is 0. The Morgan fingerprint density at radius 2 is 1.69 bits per heavy atom. The lowest BCUT2D eigenvalue weighted by Crippen LogP contribution is -2.01. The van der Waals surface area contributed by atoms with Crippen molar-refractivity contribution in [3.05, 3.63) is 82.7 Å². The summed E-state index contributed by atoms with van der Waals surface area (Å²) in [6.45, 7) is 4.16. The Kier molecular flexibility index (Phi) is 5.60. The van der Waals surface area contributed by atoms with Crippen molar-refractivity contribution in [3.8, 4) is 0 Å². The van der Waals surface area contributed by atoms with Crippen LogP contribution in [0.5, 0.6) is 0 Å². The zero-order valence-electron chi connectivity index (χ0n) is 16.7. The highest BCUT2D eigenvalue weighted by atomic mass is 19.1. The Morgan fingerprint density at radius 1 is 0.897 bits per heavy atom. The molecule has 5 nitrogen and oxygen atoms in total. The molecule has 4 rings (SSSR count). The van der Waals surface area contributed by atoms with Crippen LogP contribution in [0.2, 0.25) is 0 Å². The molecule has 0 amide bonds. The number of hydrogen-bond donors (Lipinski definition) is 1. The second-order valence-electron chi connectivity index (χ2n) is 7.48. The van der Waals surface area contributed by atoms with Crippen LogP contribution in [0.1, 0.15) is 53.4 Å². The van der Waals surface area contributed by atoms with Crippen LogP contribution in [0.25, 0.3) is 11.0 Å². The van der Waals surface area contributed by atoms with E-state index < -0.39 is 5.95 Å². The van der Waals surface area contributed by atoms with Gasteiger partial charge in [-0.1, -0.05) is 13.3 Å². The lowest BCUT2D eigenvalue weighted by atomic mass is 10.0. The largest absolute Gasteiger partial charge is 0.346 e. The predicted molar refractivity (Wildman–Crippen MR) is 111 cm³/mol. The molecule has 0 aromatic carbocycles. The molecule has 1 N–H and O–H groups in total. The molecular weight excluding hydrogens is 365 g/mol. The highest BCUT2D eigenvalue weighted by Crippen LogP contribution is 2.22. The highest BCUT2D eigenvalue weighted by Gasteiger charge is 2.11. The molecule has 0 radical (unpaired) electrons. The third-order valence-corrected chi connectivity index (χ3v) is 5.02. The molecule has 0 fully saturated rings. The summed E-state index contributed by atoms with van der Waals surface area (Å²) in [5.74, 6) is 0.437. The topological polar surface area (TPSA) is 67.3 Å². The van der Waals surface area contributed by atoms with E-state index in [0.717, 1.165) is 58.4 Å². The van der Waals surface area contributed by atoms with Gasteiger partial charge in [0.2, 0.25) is 5.95 Å². The number of aromatic nitrogens is 5. The summed E-state index contributed by atoms with van der Waals surface area (Å²) in [6, 6.07) is 3.95. The number of unbranched alkanes of at least 4 members (excludes halogenated alkanes) is 1. The maximum Gasteiger partial charge on any atom is 0.216 e. The van der Waals surface area contributed by atoms with Gasteiger partial charge in [0.1, 0.15) is 11.5 Å². The molecule has 0 bridgehead atoms. The molecule has 0 saturated carbocycles. The van der Waals surface area contributed by atoms with E-state index in [1.54, 1.807) is 6.20 Å². The normalized spacial score (nSPS) is 11.3. The third kappa shape index (κ3) is 4.47. The van der Waals surface area contributed by atoms with Gasteiger partial charge in [-0.25, -0.2) is 19.9 Å². The molecule has 0 aliphatic rings. The van der Waals surface area contributed by atoms with Gasteiger partial charge in [0.05, 0.1) is 0 Å². The lowest BCUT2D eigenvalue weighted by Gasteiger charge is -2.07. The van der Waals surface area contributed by atoms with Crippen LogP contribution in [-0.4, -0.2) is 24.9 Å². The van der Waals surface area contributed by atoms with Crippen molar-refractivity contribution in [2.75, 3.05) is 0 Å². The second kappa shape index (κ2) is 8.47. The van der Waals surface area contributed by atoms with E-state index in [1.165, 1.54) is 0 Å². The van der Waals surface area contributed by atoms with E-state index in [-0.39, 0.29) is 0 Å². The fourth-order valence-corrected chi connectivity index (χ4v) is 3.45. The molecule has 0 aliphatic carbocycles. The number of H-pyrrole nitrogens is 1. The first kappa shape index (κ1) is 19.2. The number of fused-ring (bicyclic) bond motifs is 1. The van der Waals surface area contributed by atoms with Gasteiger partial charge in [0.25, 0.3) is 0 Å². The van der Waals surface area contributed by atoms with Crippen LogP contribution in [-0.2, 0) is 19.3 Å². The van der Waals surface area contributed by atoms with E-state index in [9.17, 15) is 4.39 Å². The SMILES string of the molecule is CCCCc1ncc(Cc2cnc(F)c(Cc3c[nH]c4ncc(C)cc34)c2)cn1.